The number of carbonyl (C=O) groups excluding carboxylic acids is 1. The predicted octanol–water partition coefficient (Wildman–Crippen LogP) is 1.06. The van der Waals surface area contributed by atoms with Gasteiger partial charge in [0.2, 0.25) is 5.91 Å². The number of carbonyl (C=O) groups is 1. The van der Waals surface area contributed by atoms with Gasteiger partial charge in [-0.2, -0.15) is 0 Å². The van der Waals surface area contributed by atoms with Crippen LogP contribution in [-0.4, -0.2) is 42.2 Å². The Morgan fingerprint density at radius 2 is 2.35 bits per heavy atom. The average Bonchev–Trinajstić information content (AvgIpc) is 2.88. The van der Waals surface area contributed by atoms with Gasteiger partial charge in [-0.05, 0) is 43.0 Å². The second kappa shape index (κ2) is 6.81. The molecule has 0 radical (unpaired) electrons. The van der Waals surface area contributed by atoms with Crippen molar-refractivity contribution in [2.75, 3.05) is 26.2 Å². The minimum Gasteiger partial charge on any atom is -0.396 e. The largest absolute Gasteiger partial charge is 0.396 e. The van der Waals surface area contributed by atoms with Gasteiger partial charge in [0.15, 0.2) is 0 Å². The summed E-state index contributed by atoms with van der Waals surface area (Å²) in [7, 11) is 0. The maximum Gasteiger partial charge on any atom is 0.234 e. The van der Waals surface area contributed by atoms with Crippen LogP contribution in [0.2, 0.25) is 0 Å². The van der Waals surface area contributed by atoms with Crippen LogP contribution in [0.15, 0.2) is 18.2 Å². The highest BCUT2D eigenvalue weighted by Crippen LogP contribution is 2.14. The lowest BCUT2D eigenvalue weighted by atomic mass is 10.1. The molecule has 1 fully saturated rings. The molecule has 0 spiro atoms. The highest BCUT2D eigenvalue weighted by molar-refractivity contribution is 5.78. The van der Waals surface area contributed by atoms with Crippen molar-refractivity contribution in [2.24, 2.45) is 5.92 Å². The third kappa shape index (κ3) is 4.02. The van der Waals surface area contributed by atoms with E-state index in [-0.39, 0.29) is 18.3 Å². The monoisotopic (exact) mass is 280 g/mol. The molecule has 110 valence electrons. The van der Waals surface area contributed by atoms with Crippen molar-refractivity contribution in [3.05, 3.63) is 35.1 Å². The smallest absolute Gasteiger partial charge is 0.234 e. The molecule has 0 aliphatic carbocycles. The Hall–Kier alpha value is -1.46. The van der Waals surface area contributed by atoms with Gasteiger partial charge in [0.25, 0.3) is 0 Å². The number of aryl methyl sites for hydroxylation is 1. The lowest BCUT2D eigenvalue weighted by Gasteiger charge is -2.15. The first-order valence-electron chi connectivity index (χ1n) is 6.93. The van der Waals surface area contributed by atoms with E-state index in [0.29, 0.717) is 24.6 Å². The van der Waals surface area contributed by atoms with Crippen molar-refractivity contribution in [2.45, 2.75) is 19.9 Å². The van der Waals surface area contributed by atoms with Crippen LogP contribution in [0.4, 0.5) is 4.39 Å². The van der Waals surface area contributed by atoms with Crippen molar-refractivity contribution in [3.8, 4) is 0 Å². The summed E-state index contributed by atoms with van der Waals surface area (Å²) in [4.78, 5) is 13.9. The number of likely N-dealkylation sites (tertiary alicyclic amines) is 1. The molecule has 1 aromatic carbocycles. The summed E-state index contributed by atoms with van der Waals surface area (Å²) in [5, 5.41) is 11.9. The Bertz CT molecular complexity index is 479. The van der Waals surface area contributed by atoms with Gasteiger partial charge in [-0.15, -0.1) is 0 Å². The van der Waals surface area contributed by atoms with Crippen LogP contribution in [0.5, 0.6) is 0 Å². The van der Waals surface area contributed by atoms with Crippen LogP contribution in [0, 0.1) is 18.7 Å². The van der Waals surface area contributed by atoms with E-state index >= 15 is 0 Å². The molecule has 2 rings (SSSR count). The minimum atomic E-state index is -0.229. The van der Waals surface area contributed by atoms with Gasteiger partial charge in [-0.3, -0.25) is 9.69 Å². The fraction of sp³-hybridized carbons (Fsp3) is 0.533. The Balaban J connectivity index is 1.76. The molecule has 1 aliphatic rings. The summed E-state index contributed by atoms with van der Waals surface area (Å²) in [6.07, 6.45) is 0.945. The lowest BCUT2D eigenvalue weighted by Crippen LogP contribution is -2.36. The number of rotatable bonds is 5. The topological polar surface area (TPSA) is 52.6 Å². The average molecular weight is 280 g/mol. The van der Waals surface area contributed by atoms with E-state index in [4.69, 9.17) is 5.11 Å². The van der Waals surface area contributed by atoms with E-state index in [1.807, 2.05) is 4.90 Å². The van der Waals surface area contributed by atoms with Crippen molar-refractivity contribution in [3.63, 3.8) is 0 Å². The van der Waals surface area contributed by atoms with Crippen LogP contribution < -0.4 is 5.32 Å². The summed E-state index contributed by atoms with van der Waals surface area (Å²) < 4.78 is 13.1. The van der Waals surface area contributed by atoms with Crippen molar-refractivity contribution < 1.29 is 14.3 Å². The predicted molar refractivity (Wildman–Crippen MR) is 74.6 cm³/mol. The number of aliphatic hydroxyl groups is 1. The highest BCUT2D eigenvalue weighted by Gasteiger charge is 2.23. The van der Waals surface area contributed by atoms with Gasteiger partial charge in [0.1, 0.15) is 5.82 Å². The number of aliphatic hydroxyl groups excluding tert-OH is 1. The second-order valence-electron chi connectivity index (χ2n) is 5.43. The molecule has 20 heavy (non-hydrogen) atoms. The molecule has 1 heterocycles. The number of benzene rings is 1. The Labute approximate surface area is 118 Å². The number of hydrogen-bond donors (Lipinski definition) is 2. The maximum atomic E-state index is 13.1. The highest BCUT2D eigenvalue weighted by atomic mass is 19.1. The molecule has 1 saturated heterocycles. The van der Waals surface area contributed by atoms with Gasteiger partial charge in [-0.1, -0.05) is 12.1 Å². The molecule has 5 heteroatoms. The molecule has 2 N–H and O–H groups in total. The molecule has 1 aromatic rings. The van der Waals surface area contributed by atoms with Gasteiger partial charge in [0.05, 0.1) is 6.54 Å². The normalized spacial score (nSPS) is 19.2. The SMILES string of the molecule is Cc1cc(CNC(=O)CN2CCC(CO)C2)ccc1F. The molecule has 1 unspecified atom stereocenters. The molecule has 1 atom stereocenters. The molecule has 0 bridgehead atoms. The lowest BCUT2D eigenvalue weighted by molar-refractivity contribution is -0.122. The summed E-state index contributed by atoms with van der Waals surface area (Å²) in [5.41, 5.74) is 1.48. The van der Waals surface area contributed by atoms with E-state index in [2.05, 4.69) is 5.32 Å². The zero-order valence-corrected chi connectivity index (χ0v) is 11.7. The van der Waals surface area contributed by atoms with Crippen molar-refractivity contribution >= 4 is 5.91 Å². The minimum absolute atomic E-state index is 0.0365. The Morgan fingerprint density at radius 1 is 1.55 bits per heavy atom. The summed E-state index contributed by atoms with van der Waals surface area (Å²) in [6.45, 7) is 4.30. The fourth-order valence-corrected chi connectivity index (χ4v) is 2.48. The van der Waals surface area contributed by atoms with Gasteiger partial charge >= 0.3 is 0 Å². The summed E-state index contributed by atoms with van der Waals surface area (Å²) >= 11 is 0. The van der Waals surface area contributed by atoms with E-state index in [9.17, 15) is 9.18 Å². The third-order valence-corrected chi connectivity index (χ3v) is 3.71. The maximum absolute atomic E-state index is 13.1. The van der Waals surface area contributed by atoms with Crippen LogP contribution in [0.1, 0.15) is 17.5 Å². The Morgan fingerprint density at radius 3 is 3.00 bits per heavy atom. The van der Waals surface area contributed by atoms with E-state index < -0.39 is 0 Å². The molecule has 1 amide bonds. The van der Waals surface area contributed by atoms with Gasteiger partial charge < -0.3 is 10.4 Å². The molecule has 0 aromatic heterocycles. The molecular weight excluding hydrogens is 259 g/mol. The first kappa shape index (κ1) is 14.9. The number of hydrogen-bond acceptors (Lipinski definition) is 3. The van der Waals surface area contributed by atoms with Crippen molar-refractivity contribution in [1.29, 1.82) is 0 Å². The Kier molecular flexibility index (Phi) is 5.09. The van der Waals surface area contributed by atoms with Crippen LogP contribution in [-0.2, 0) is 11.3 Å². The van der Waals surface area contributed by atoms with Crippen LogP contribution >= 0.6 is 0 Å². The van der Waals surface area contributed by atoms with Crippen molar-refractivity contribution in [1.82, 2.24) is 10.2 Å². The zero-order chi connectivity index (χ0) is 14.5. The van der Waals surface area contributed by atoms with E-state index in [0.717, 1.165) is 25.1 Å². The van der Waals surface area contributed by atoms with Gasteiger partial charge in [-0.25, -0.2) is 4.39 Å². The van der Waals surface area contributed by atoms with E-state index in [1.165, 1.54) is 6.07 Å². The zero-order valence-electron chi connectivity index (χ0n) is 11.7. The molecular formula is C15H21FN2O2. The summed E-state index contributed by atoms with van der Waals surface area (Å²) in [6, 6.07) is 4.84. The first-order chi connectivity index (χ1) is 9.58. The van der Waals surface area contributed by atoms with Crippen LogP contribution in [0.3, 0.4) is 0 Å². The first-order valence-corrected chi connectivity index (χ1v) is 6.93. The standard InChI is InChI=1S/C15H21FN2O2/c1-11-6-12(2-3-14(11)16)7-17-15(20)9-18-5-4-13(8-18)10-19/h2-3,6,13,19H,4-5,7-10H2,1H3,(H,17,20). The number of nitrogens with zero attached hydrogens (tertiary/aromatic N) is 1. The summed E-state index contributed by atoms with van der Waals surface area (Å²) in [5.74, 6) is 0.0281. The van der Waals surface area contributed by atoms with Gasteiger partial charge in [0, 0.05) is 19.7 Å². The molecule has 0 saturated carbocycles. The fourth-order valence-electron chi connectivity index (χ4n) is 2.48. The quantitative estimate of drug-likeness (QED) is 0.848. The molecule has 1 aliphatic heterocycles. The molecule has 4 nitrogen and oxygen atoms in total. The number of amides is 1. The number of nitrogens with one attached hydrogen (secondary N) is 1. The van der Waals surface area contributed by atoms with Crippen LogP contribution in [0.25, 0.3) is 0 Å². The third-order valence-electron chi connectivity index (χ3n) is 3.71. The second-order valence-corrected chi connectivity index (χ2v) is 5.43. The van der Waals surface area contributed by atoms with E-state index in [1.54, 1.807) is 19.1 Å². The number of halogens is 1.